The Balaban J connectivity index is 1.17. The number of nitrogens with two attached hydrogens (primary N) is 1. The van der Waals surface area contributed by atoms with Gasteiger partial charge in [0.05, 0.1) is 18.4 Å². The summed E-state index contributed by atoms with van der Waals surface area (Å²) in [7, 11) is -2.21. The molecule has 2 saturated carbocycles. The first-order valence-electron chi connectivity index (χ1n) is 22.0. The molecular weight excluding hydrogens is 890 g/mol. The standard InChI is InChI=1S/C45H59F3N6O9S2/c1-7-27(21-26(2)11-8-9-12-28-13-10-14-31(28)38(56)53-65(59,60)44(5)17-18-44)36(52-42(58)63-43(3,4)45(46,47)48)41(57)54-25-30(23-35(54)37(49)55)62-39-32-16-15-29(61-6)22-33(32)34(24-51-39)40-50-19-20-64-40/h9,12,15-16,19-20,22,24,26-28,30-31,35-36H,7-8,10-11,13-14,17-18,21,23,25H2,1-6H3,(H2,49,55)(H,52,58)(H,53,56)/b12-9-/t26-,27-,28-,30-,31?,35+,36+/m1/s1. The van der Waals surface area contributed by atoms with Gasteiger partial charge in [0.15, 0.2) is 0 Å². The van der Waals surface area contributed by atoms with Crippen molar-refractivity contribution in [3.63, 3.8) is 0 Å². The van der Waals surface area contributed by atoms with Gasteiger partial charge in [-0.2, -0.15) is 13.2 Å². The van der Waals surface area contributed by atoms with Crippen LogP contribution in [-0.2, 0) is 29.1 Å². The zero-order valence-corrected chi connectivity index (χ0v) is 39.1. The van der Waals surface area contributed by atoms with E-state index in [1.807, 2.05) is 30.5 Å². The van der Waals surface area contributed by atoms with Crippen LogP contribution in [0.1, 0.15) is 98.8 Å². The van der Waals surface area contributed by atoms with Gasteiger partial charge in [-0.05, 0) is 102 Å². The lowest BCUT2D eigenvalue weighted by molar-refractivity contribution is -0.244. The number of primary amides is 1. The summed E-state index contributed by atoms with van der Waals surface area (Å²) in [6.07, 6.45) is 5.06. The van der Waals surface area contributed by atoms with Crippen LogP contribution in [0.4, 0.5) is 18.0 Å². The minimum absolute atomic E-state index is 0.0227. The molecule has 2 aromatic heterocycles. The molecule has 1 aromatic carbocycles. The first-order chi connectivity index (χ1) is 30.6. The highest BCUT2D eigenvalue weighted by Crippen LogP contribution is 2.43. The minimum Gasteiger partial charge on any atom is -0.497 e. The SMILES string of the molecule is CC[C@H](C[C@H](C)CC/C=C\[C@@H]1CCCC1C(=O)NS(=O)(=O)C1(C)CC1)[C@H](NC(=O)OC(C)(C)C(F)(F)F)C(=O)N1C[C@H](Oc2ncc(-c3nccs3)c3cc(OC)ccc23)C[C@H]1C(N)=O. The van der Waals surface area contributed by atoms with E-state index >= 15 is 0 Å². The Morgan fingerprint density at radius 1 is 1.12 bits per heavy atom. The maximum atomic E-state index is 14.7. The number of hydrogen-bond donors (Lipinski definition) is 3. The number of carbonyl (C=O) groups excluding carboxylic acids is 4. The lowest BCUT2D eigenvalue weighted by atomic mass is 9.84. The Labute approximate surface area is 381 Å². The molecule has 7 atom stereocenters. The fourth-order valence-corrected chi connectivity index (χ4v) is 10.6. The highest BCUT2D eigenvalue weighted by Gasteiger charge is 2.53. The molecule has 4 amide bonds. The third kappa shape index (κ3) is 11.4. The summed E-state index contributed by atoms with van der Waals surface area (Å²) >= 11 is 1.43. The van der Waals surface area contributed by atoms with Crippen molar-refractivity contribution < 1.29 is 55.0 Å². The highest BCUT2D eigenvalue weighted by molar-refractivity contribution is 7.91. The molecule has 65 heavy (non-hydrogen) atoms. The number of allylic oxidation sites excluding steroid dienone is 2. The van der Waals surface area contributed by atoms with Gasteiger partial charge in [0.25, 0.3) is 0 Å². The van der Waals surface area contributed by atoms with Gasteiger partial charge in [-0.25, -0.2) is 23.2 Å². The number of pyridine rings is 1. The van der Waals surface area contributed by atoms with Crippen LogP contribution >= 0.6 is 11.3 Å². The zero-order valence-electron chi connectivity index (χ0n) is 37.5. The number of methoxy groups -OCH3 is 1. The number of nitrogens with zero attached hydrogens (tertiary/aromatic N) is 3. The number of rotatable bonds is 19. The Morgan fingerprint density at radius 2 is 1.86 bits per heavy atom. The Morgan fingerprint density at radius 3 is 2.49 bits per heavy atom. The first kappa shape index (κ1) is 49.5. The molecule has 3 fully saturated rings. The van der Waals surface area contributed by atoms with E-state index < -0.39 is 80.4 Å². The van der Waals surface area contributed by atoms with Gasteiger partial charge in [-0.1, -0.05) is 38.8 Å². The molecule has 1 unspecified atom stereocenters. The fourth-order valence-electron chi connectivity index (χ4n) is 8.65. The molecule has 1 aliphatic heterocycles. The maximum Gasteiger partial charge on any atom is 0.427 e. The summed E-state index contributed by atoms with van der Waals surface area (Å²) < 4.78 is 85.0. The summed E-state index contributed by atoms with van der Waals surface area (Å²) in [6, 6.07) is 2.76. The van der Waals surface area contributed by atoms with Crippen molar-refractivity contribution in [2.24, 2.45) is 29.4 Å². The molecule has 6 rings (SSSR count). The van der Waals surface area contributed by atoms with Crippen molar-refractivity contribution in [2.45, 2.75) is 134 Å². The summed E-state index contributed by atoms with van der Waals surface area (Å²) in [5.74, 6) is -2.51. The van der Waals surface area contributed by atoms with E-state index in [-0.39, 0.29) is 30.7 Å². The Hall–Kier alpha value is -4.98. The van der Waals surface area contributed by atoms with Crippen molar-refractivity contribution in [3.8, 4) is 22.2 Å². The van der Waals surface area contributed by atoms with E-state index in [0.717, 1.165) is 28.8 Å². The summed E-state index contributed by atoms with van der Waals surface area (Å²) in [5.41, 5.74) is 3.73. The van der Waals surface area contributed by atoms with Crippen LogP contribution in [-0.4, -0.2) is 95.5 Å². The van der Waals surface area contributed by atoms with Crippen LogP contribution in [0.2, 0.25) is 0 Å². The normalized spacial score (nSPS) is 22.3. The Bertz CT molecular complexity index is 2360. The molecular formula is C45H59F3N6O9S2. The molecule has 356 valence electrons. The molecule has 15 nitrogen and oxygen atoms in total. The van der Waals surface area contributed by atoms with Crippen LogP contribution in [0.5, 0.6) is 11.6 Å². The number of benzene rings is 1. The predicted octanol–water partition coefficient (Wildman–Crippen LogP) is 7.44. The first-order valence-corrected chi connectivity index (χ1v) is 24.4. The summed E-state index contributed by atoms with van der Waals surface area (Å²) in [5, 5.41) is 6.35. The number of fused-ring (bicyclic) bond motifs is 1. The van der Waals surface area contributed by atoms with E-state index in [2.05, 4.69) is 20.0 Å². The van der Waals surface area contributed by atoms with E-state index in [0.29, 0.717) is 69.9 Å². The smallest absolute Gasteiger partial charge is 0.427 e. The van der Waals surface area contributed by atoms with Crippen LogP contribution in [0.3, 0.4) is 0 Å². The van der Waals surface area contributed by atoms with Gasteiger partial charge in [-0.15, -0.1) is 11.3 Å². The molecule has 3 aromatic rings. The molecule has 3 aliphatic rings. The minimum atomic E-state index is -4.91. The van der Waals surface area contributed by atoms with Gasteiger partial charge in [-0.3, -0.25) is 19.1 Å². The van der Waals surface area contributed by atoms with Crippen LogP contribution in [0.15, 0.2) is 48.1 Å². The molecule has 0 spiro atoms. The molecule has 1 saturated heterocycles. The number of alkyl carbamates (subject to hydrolysis) is 1. The summed E-state index contributed by atoms with van der Waals surface area (Å²) in [4.78, 5) is 64.2. The van der Waals surface area contributed by atoms with Gasteiger partial charge >= 0.3 is 12.3 Å². The van der Waals surface area contributed by atoms with Crippen molar-refractivity contribution in [2.75, 3.05) is 13.7 Å². The van der Waals surface area contributed by atoms with Crippen molar-refractivity contribution in [1.82, 2.24) is 24.9 Å². The topological polar surface area (TPSA) is 209 Å². The third-order valence-electron chi connectivity index (χ3n) is 13.1. The molecule has 2 aliphatic carbocycles. The lowest BCUT2D eigenvalue weighted by Crippen LogP contribution is -2.57. The zero-order chi connectivity index (χ0) is 47.5. The molecule has 4 N–H and O–H groups in total. The van der Waals surface area contributed by atoms with Gasteiger partial charge < -0.3 is 30.2 Å². The Kier molecular flexibility index (Phi) is 15.1. The number of amides is 4. The number of carbonyl (C=O) groups is 4. The predicted molar refractivity (Wildman–Crippen MR) is 238 cm³/mol. The van der Waals surface area contributed by atoms with Gasteiger partial charge in [0, 0.05) is 46.4 Å². The lowest BCUT2D eigenvalue weighted by Gasteiger charge is -2.34. The van der Waals surface area contributed by atoms with Gasteiger partial charge in [0.1, 0.15) is 28.9 Å². The largest absolute Gasteiger partial charge is 0.497 e. The summed E-state index contributed by atoms with van der Waals surface area (Å²) in [6.45, 7) is 6.64. The second-order valence-electron chi connectivity index (χ2n) is 18.3. The van der Waals surface area contributed by atoms with Crippen LogP contribution < -0.4 is 25.2 Å². The average molecular weight is 949 g/mol. The highest BCUT2D eigenvalue weighted by atomic mass is 32.2. The number of hydrogen-bond acceptors (Lipinski definition) is 12. The second-order valence-corrected chi connectivity index (χ2v) is 21.4. The van der Waals surface area contributed by atoms with Gasteiger partial charge in [0.2, 0.25) is 39.2 Å². The van der Waals surface area contributed by atoms with Crippen LogP contribution in [0, 0.1) is 23.7 Å². The molecule has 0 radical (unpaired) electrons. The van der Waals surface area contributed by atoms with E-state index in [4.69, 9.17) is 19.9 Å². The van der Waals surface area contributed by atoms with E-state index in [1.54, 1.807) is 45.5 Å². The number of likely N-dealkylation sites (tertiary alicyclic amines) is 1. The second kappa shape index (κ2) is 19.9. The molecule has 3 heterocycles. The molecule has 0 bridgehead atoms. The third-order valence-corrected chi connectivity index (χ3v) is 16.1. The number of ether oxygens (including phenoxy) is 3. The number of halogens is 3. The van der Waals surface area contributed by atoms with Crippen molar-refractivity contribution in [3.05, 3.63) is 48.1 Å². The quantitative estimate of drug-likeness (QED) is 0.101. The molecule has 20 heteroatoms. The van der Waals surface area contributed by atoms with Crippen LogP contribution in [0.25, 0.3) is 21.3 Å². The maximum absolute atomic E-state index is 14.7. The number of aromatic nitrogens is 2. The number of sulfonamides is 1. The average Bonchev–Trinajstić information content (AvgIpc) is 3.63. The number of thiazole rings is 1. The monoisotopic (exact) mass is 948 g/mol. The van der Waals surface area contributed by atoms with Crippen molar-refractivity contribution >= 4 is 55.9 Å². The van der Waals surface area contributed by atoms with E-state index in [1.165, 1.54) is 16.2 Å². The fraction of sp³-hybridized carbons (Fsp3) is 0.600. The number of nitrogens with one attached hydrogen (secondary N) is 2. The van der Waals surface area contributed by atoms with Crippen molar-refractivity contribution in [1.29, 1.82) is 0 Å². The van der Waals surface area contributed by atoms with E-state index in [9.17, 15) is 40.8 Å². The number of alkyl halides is 3.